The highest BCUT2D eigenvalue weighted by atomic mass is 16.6. The second-order valence-corrected chi connectivity index (χ2v) is 4.93. The van der Waals surface area contributed by atoms with E-state index >= 15 is 0 Å². The van der Waals surface area contributed by atoms with Crippen molar-refractivity contribution in [1.29, 1.82) is 0 Å². The average Bonchev–Trinajstić information content (AvgIpc) is 3.16. The molecular weight excluding hydrogens is 230 g/mol. The van der Waals surface area contributed by atoms with E-state index in [4.69, 9.17) is 4.74 Å². The highest BCUT2D eigenvalue weighted by Crippen LogP contribution is 2.38. The van der Waals surface area contributed by atoms with Gasteiger partial charge in [-0.2, -0.15) is 0 Å². The summed E-state index contributed by atoms with van der Waals surface area (Å²) in [7, 11) is 0. The van der Waals surface area contributed by atoms with E-state index in [2.05, 4.69) is 5.32 Å². The Morgan fingerprint density at radius 2 is 2.06 bits per heavy atom. The first kappa shape index (κ1) is 13.1. The zero-order chi connectivity index (χ0) is 13.1. The monoisotopic (exact) mass is 249 g/mol. The van der Waals surface area contributed by atoms with Gasteiger partial charge in [-0.05, 0) is 11.5 Å². The van der Waals surface area contributed by atoms with Crippen LogP contribution in [0.3, 0.4) is 0 Å². The van der Waals surface area contributed by atoms with Gasteiger partial charge in [0.2, 0.25) is 0 Å². The number of aliphatic hydroxyl groups excluding tert-OH is 1. The molecule has 18 heavy (non-hydrogen) atoms. The zero-order valence-electron chi connectivity index (χ0n) is 10.7. The summed E-state index contributed by atoms with van der Waals surface area (Å²) < 4.78 is 5.40. The molecular formula is C14H19NO3. The molecule has 0 bridgehead atoms. The lowest BCUT2D eigenvalue weighted by Gasteiger charge is -2.19. The van der Waals surface area contributed by atoms with Gasteiger partial charge in [0.1, 0.15) is 6.10 Å². The Hall–Kier alpha value is -1.39. The van der Waals surface area contributed by atoms with Crippen LogP contribution >= 0.6 is 0 Å². The predicted molar refractivity (Wildman–Crippen MR) is 67.9 cm³/mol. The molecule has 2 N–H and O–H groups in total. The van der Waals surface area contributed by atoms with Crippen molar-refractivity contribution >= 4 is 5.91 Å². The number of amides is 1. The van der Waals surface area contributed by atoms with Crippen LogP contribution in [-0.2, 0) is 9.53 Å². The molecule has 1 aromatic rings. The fourth-order valence-corrected chi connectivity index (χ4v) is 1.90. The Labute approximate surface area is 107 Å². The first-order chi connectivity index (χ1) is 8.63. The second-order valence-electron chi connectivity index (χ2n) is 4.93. The van der Waals surface area contributed by atoms with E-state index in [-0.39, 0.29) is 30.6 Å². The molecule has 0 spiro atoms. The van der Waals surface area contributed by atoms with Crippen LogP contribution in [0.1, 0.15) is 25.5 Å². The van der Waals surface area contributed by atoms with Gasteiger partial charge in [-0.25, -0.2) is 0 Å². The molecule has 0 aromatic heterocycles. The minimum atomic E-state index is -0.416. The Morgan fingerprint density at radius 3 is 2.61 bits per heavy atom. The summed E-state index contributed by atoms with van der Waals surface area (Å²) in [5.74, 6) is 0.0597. The third kappa shape index (κ3) is 2.89. The number of nitrogens with one attached hydrogen (secondary N) is 1. The zero-order valence-corrected chi connectivity index (χ0v) is 10.7. The van der Waals surface area contributed by atoms with Crippen molar-refractivity contribution in [1.82, 2.24) is 5.32 Å². The molecule has 98 valence electrons. The number of carbonyl (C=O) groups excluding carboxylic acids is 1. The Kier molecular flexibility index (Phi) is 3.99. The molecule has 1 aliphatic rings. The molecule has 0 radical (unpaired) electrons. The lowest BCUT2D eigenvalue weighted by Crippen LogP contribution is -2.43. The average molecular weight is 249 g/mol. The van der Waals surface area contributed by atoms with Crippen molar-refractivity contribution in [2.45, 2.75) is 32.1 Å². The van der Waals surface area contributed by atoms with Gasteiger partial charge in [-0.3, -0.25) is 4.79 Å². The summed E-state index contributed by atoms with van der Waals surface area (Å²) in [6, 6.07) is 9.47. The topological polar surface area (TPSA) is 61.9 Å². The van der Waals surface area contributed by atoms with Crippen molar-refractivity contribution < 1.29 is 14.6 Å². The van der Waals surface area contributed by atoms with E-state index in [0.29, 0.717) is 0 Å². The quantitative estimate of drug-likeness (QED) is 0.772. The minimum Gasteiger partial charge on any atom is -0.394 e. The van der Waals surface area contributed by atoms with Crippen molar-refractivity contribution in [2.75, 3.05) is 6.61 Å². The molecule has 4 heteroatoms. The van der Waals surface area contributed by atoms with Crippen LogP contribution in [0.4, 0.5) is 0 Å². The number of epoxide rings is 1. The number of benzene rings is 1. The van der Waals surface area contributed by atoms with Crippen LogP contribution in [0.5, 0.6) is 0 Å². The van der Waals surface area contributed by atoms with Crippen LogP contribution in [0.15, 0.2) is 30.3 Å². The number of hydrogen-bond acceptors (Lipinski definition) is 3. The van der Waals surface area contributed by atoms with Crippen LogP contribution in [0, 0.1) is 5.92 Å². The van der Waals surface area contributed by atoms with Gasteiger partial charge >= 0.3 is 0 Å². The van der Waals surface area contributed by atoms with E-state index < -0.39 is 6.10 Å². The lowest BCUT2D eigenvalue weighted by molar-refractivity contribution is -0.123. The molecule has 1 heterocycles. The standard InChI is InChI=1S/C14H19NO3/c1-9(2)11(8-16)15-14(17)13-12(18-13)10-6-4-3-5-7-10/h3-7,9,11-13,16H,8H2,1-2H3,(H,15,17)/t11-,12+,13+/m1/s1. The molecule has 0 aliphatic carbocycles. The summed E-state index contributed by atoms with van der Waals surface area (Å²) in [5, 5.41) is 12.0. The molecule has 0 saturated carbocycles. The van der Waals surface area contributed by atoms with E-state index in [9.17, 15) is 9.90 Å². The maximum absolute atomic E-state index is 11.9. The van der Waals surface area contributed by atoms with Crippen molar-refractivity contribution in [3.05, 3.63) is 35.9 Å². The smallest absolute Gasteiger partial charge is 0.252 e. The fraction of sp³-hybridized carbons (Fsp3) is 0.500. The second kappa shape index (κ2) is 5.50. The van der Waals surface area contributed by atoms with Crippen LogP contribution in [0.25, 0.3) is 0 Å². The van der Waals surface area contributed by atoms with E-state index in [1.165, 1.54) is 0 Å². The number of hydrogen-bond donors (Lipinski definition) is 2. The van der Waals surface area contributed by atoms with Crippen LogP contribution in [-0.4, -0.2) is 29.8 Å². The van der Waals surface area contributed by atoms with Crippen LogP contribution in [0.2, 0.25) is 0 Å². The number of carbonyl (C=O) groups is 1. The third-order valence-electron chi connectivity index (χ3n) is 3.21. The normalized spacial score (nSPS) is 23.8. The van der Waals surface area contributed by atoms with E-state index in [1.807, 2.05) is 44.2 Å². The fourth-order valence-electron chi connectivity index (χ4n) is 1.90. The molecule has 1 saturated heterocycles. The molecule has 1 aliphatic heterocycles. The number of rotatable bonds is 5. The molecule has 2 rings (SSSR count). The van der Waals surface area contributed by atoms with Crippen molar-refractivity contribution in [3.63, 3.8) is 0 Å². The molecule has 4 nitrogen and oxygen atoms in total. The maximum atomic E-state index is 11.9. The van der Waals surface area contributed by atoms with Crippen LogP contribution < -0.4 is 5.32 Å². The number of aliphatic hydroxyl groups is 1. The third-order valence-corrected chi connectivity index (χ3v) is 3.21. The molecule has 1 amide bonds. The summed E-state index contributed by atoms with van der Waals surface area (Å²) in [6.07, 6.45) is -0.557. The Balaban J connectivity index is 1.90. The van der Waals surface area contributed by atoms with Crippen molar-refractivity contribution in [3.8, 4) is 0 Å². The van der Waals surface area contributed by atoms with Gasteiger partial charge in [0.25, 0.3) is 5.91 Å². The maximum Gasteiger partial charge on any atom is 0.252 e. The highest BCUT2D eigenvalue weighted by Gasteiger charge is 2.46. The first-order valence-electron chi connectivity index (χ1n) is 6.25. The SMILES string of the molecule is CC(C)[C@@H](CO)NC(=O)[C@H]1O[C@H]1c1ccccc1. The van der Waals surface area contributed by atoms with E-state index in [0.717, 1.165) is 5.56 Å². The van der Waals surface area contributed by atoms with Gasteiger partial charge in [-0.15, -0.1) is 0 Å². The molecule has 3 atom stereocenters. The largest absolute Gasteiger partial charge is 0.394 e. The van der Waals surface area contributed by atoms with Gasteiger partial charge < -0.3 is 15.2 Å². The lowest BCUT2D eigenvalue weighted by atomic mass is 10.0. The van der Waals surface area contributed by atoms with Gasteiger partial charge in [0, 0.05) is 0 Å². The molecule has 0 unspecified atom stereocenters. The minimum absolute atomic E-state index is 0.0495. The Bertz CT molecular complexity index is 405. The summed E-state index contributed by atoms with van der Waals surface area (Å²) in [5.41, 5.74) is 1.02. The summed E-state index contributed by atoms with van der Waals surface area (Å²) in [6.45, 7) is 3.87. The Morgan fingerprint density at radius 1 is 1.39 bits per heavy atom. The highest BCUT2D eigenvalue weighted by molar-refractivity contribution is 5.84. The van der Waals surface area contributed by atoms with E-state index in [1.54, 1.807) is 0 Å². The summed E-state index contributed by atoms with van der Waals surface area (Å²) in [4.78, 5) is 11.9. The first-order valence-corrected chi connectivity index (χ1v) is 6.25. The molecule has 1 aromatic carbocycles. The van der Waals surface area contributed by atoms with Gasteiger partial charge in [0.05, 0.1) is 12.6 Å². The number of ether oxygens (including phenoxy) is 1. The molecule has 1 fully saturated rings. The summed E-state index contributed by atoms with van der Waals surface area (Å²) >= 11 is 0. The van der Waals surface area contributed by atoms with Gasteiger partial charge in [0.15, 0.2) is 6.10 Å². The predicted octanol–water partition coefficient (Wildman–Crippen LogP) is 1.26. The van der Waals surface area contributed by atoms with Gasteiger partial charge in [-0.1, -0.05) is 44.2 Å². The van der Waals surface area contributed by atoms with Crippen molar-refractivity contribution in [2.24, 2.45) is 5.92 Å².